The maximum absolute atomic E-state index is 12.8. The summed E-state index contributed by atoms with van der Waals surface area (Å²) in [6.07, 6.45) is 6.51. The van der Waals surface area contributed by atoms with Crippen LogP contribution in [0.1, 0.15) is 43.0 Å². The minimum atomic E-state index is -0.0132. The number of fused-ring (bicyclic) bond motifs is 1. The van der Waals surface area contributed by atoms with Crippen LogP contribution in [0.4, 0.5) is 4.79 Å². The van der Waals surface area contributed by atoms with Crippen molar-refractivity contribution in [1.82, 2.24) is 24.9 Å². The Labute approximate surface area is 159 Å². The Hall–Kier alpha value is -2.09. The number of ether oxygens (including phenoxy) is 1. The summed E-state index contributed by atoms with van der Waals surface area (Å²) in [5.74, 6) is 0.107. The summed E-state index contributed by atoms with van der Waals surface area (Å²) >= 11 is 0. The molecule has 2 fully saturated rings. The Morgan fingerprint density at radius 1 is 1.11 bits per heavy atom. The zero-order valence-corrected chi connectivity index (χ0v) is 16.0. The van der Waals surface area contributed by atoms with Gasteiger partial charge in [0.15, 0.2) is 0 Å². The van der Waals surface area contributed by atoms with Crippen molar-refractivity contribution in [3.05, 3.63) is 17.5 Å². The van der Waals surface area contributed by atoms with Crippen molar-refractivity contribution >= 4 is 11.9 Å². The van der Waals surface area contributed by atoms with Crippen LogP contribution in [-0.4, -0.2) is 70.9 Å². The average Bonchev–Trinajstić information content (AvgIpc) is 3.09. The van der Waals surface area contributed by atoms with Crippen molar-refractivity contribution in [2.24, 2.45) is 13.0 Å². The molecular formula is C19H29N5O3. The van der Waals surface area contributed by atoms with Gasteiger partial charge in [-0.3, -0.25) is 9.48 Å². The predicted molar refractivity (Wildman–Crippen MR) is 99.1 cm³/mol. The Kier molecular flexibility index (Phi) is 5.33. The van der Waals surface area contributed by atoms with E-state index in [0.717, 1.165) is 43.4 Å². The third kappa shape index (κ3) is 3.95. The molecule has 1 unspecified atom stereocenters. The molecule has 1 atom stereocenters. The minimum absolute atomic E-state index is 0.0132. The normalized spacial score (nSPS) is 23.8. The molecule has 0 spiro atoms. The number of carbonyl (C=O) groups is 2. The molecule has 3 aliphatic rings. The van der Waals surface area contributed by atoms with Crippen LogP contribution in [0, 0.1) is 5.92 Å². The second kappa shape index (κ2) is 7.88. The number of urea groups is 1. The van der Waals surface area contributed by atoms with Crippen LogP contribution in [0.15, 0.2) is 6.20 Å². The molecule has 1 aliphatic carbocycles. The number of hydrogen-bond acceptors (Lipinski definition) is 4. The van der Waals surface area contributed by atoms with E-state index in [4.69, 9.17) is 4.74 Å². The maximum Gasteiger partial charge on any atom is 0.320 e. The average molecular weight is 375 g/mol. The second-order valence-electron chi connectivity index (χ2n) is 7.80. The molecule has 1 aromatic heterocycles. The first-order chi connectivity index (χ1) is 13.1. The van der Waals surface area contributed by atoms with Gasteiger partial charge in [0, 0.05) is 50.9 Å². The first-order valence-corrected chi connectivity index (χ1v) is 10.1. The number of aryl methyl sites for hydroxylation is 2. The summed E-state index contributed by atoms with van der Waals surface area (Å²) in [7, 11) is 1.93. The number of amides is 3. The molecule has 2 aliphatic heterocycles. The zero-order chi connectivity index (χ0) is 18.8. The molecule has 1 N–H and O–H groups in total. The van der Waals surface area contributed by atoms with E-state index in [1.807, 2.05) is 27.7 Å². The lowest BCUT2D eigenvalue weighted by Gasteiger charge is -2.37. The first kappa shape index (κ1) is 18.3. The summed E-state index contributed by atoms with van der Waals surface area (Å²) in [5.41, 5.74) is 2.28. The largest absolute Gasteiger partial charge is 0.378 e. The number of aromatic nitrogens is 2. The molecule has 0 radical (unpaired) electrons. The van der Waals surface area contributed by atoms with Crippen molar-refractivity contribution in [3.63, 3.8) is 0 Å². The fraction of sp³-hybridized carbons (Fsp3) is 0.737. The third-order valence-electron chi connectivity index (χ3n) is 5.95. The molecule has 148 valence electrons. The highest BCUT2D eigenvalue weighted by Crippen LogP contribution is 2.29. The van der Waals surface area contributed by atoms with Gasteiger partial charge in [0.2, 0.25) is 5.91 Å². The van der Waals surface area contributed by atoms with Gasteiger partial charge in [0.05, 0.1) is 24.9 Å². The standard InChI is InChI=1S/C19H29N5O3/c1-22-13-15-16(3-2-4-17(15)21-22)20-18(25)14-5-7-23(8-6-14)19(26)24-9-11-27-12-10-24/h13-14,16H,2-12H2,1H3,(H,20,25). The fourth-order valence-corrected chi connectivity index (χ4v) is 4.39. The number of piperidine rings is 1. The molecule has 8 heteroatoms. The number of carbonyl (C=O) groups excluding carboxylic acids is 2. The highest BCUT2D eigenvalue weighted by Gasteiger charge is 2.32. The van der Waals surface area contributed by atoms with Gasteiger partial charge in [-0.05, 0) is 32.1 Å². The fourth-order valence-electron chi connectivity index (χ4n) is 4.39. The van der Waals surface area contributed by atoms with Crippen molar-refractivity contribution < 1.29 is 14.3 Å². The molecule has 4 rings (SSSR count). The summed E-state index contributed by atoms with van der Waals surface area (Å²) < 4.78 is 7.15. The van der Waals surface area contributed by atoms with Gasteiger partial charge >= 0.3 is 6.03 Å². The van der Waals surface area contributed by atoms with Crippen LogP contribution in [0.5, 0.6) is 0 Å². The Morgan fingerprint density at radius 2 is 1.81 bits per heavy atom. The van der Waals surface area contributed by atoms with Crippen molar-refractivity contribution in [2.45, 2.75) is 38.1 Å². The van der Waals surface area contributed by atoms with Crippen molar-refractivity contribution in [3.8, 4) is 0 Å². The molecule has 27 heavy (non-hydrogen) atoms. The SMILES string of the molecule is Cn1cc2c(n1)CCCC2NC(=O)C1CCN(C(=O)N2CCOCC2)CC1. The highest BCUT2D eigenvalue weighted by atomic mass is 16.5. The van der Waals surface area contributed by atoms with Gasteiger partial charge in [0.25, 0.3) is 0 Å². The Balaban J connectivity index is 1.29. The predicted octanol–water partition coefficient (Wildman–Crippen LogP) is 1.08. The molecule has 8 nitrogen and oxygen atoms in total. The van der Waals surface area contributed by atoms with Gasteiger partial charge in [0.1, 0.15) is 0 Å². The molecule has 0 aromatic carbocycles. The molecule has 3 amide bonds. The van der Waals surface area contributed by atoms with E-state index in [1.165, 1.54) is 0 Å². The smallest absolute Gasteiger partial charge is 0.320 e. The van der Waals surface area contributed by atoms with E-state index >= 15 is 0 Å². The van der Waals surface area contributed by atoms with Crippen LogP contribution < -0.4 is 5.32 Å². The van der Waals surface area contributed by atoms with Crippen LogP contribution in [0.25, 0.3) is 0 Å². The van der Waals surface area contributed by atoms with Gasteiger partial charge in [-0.2, -0.15) is 5.10 Å². The third-order valence-corrected chi connectivity index (χ3v) is 5.95. The van der Waals surface area contributed by atoms with Crippen LogP contribution >= 0.6 is 0 Å². The lowest BCUT2D eigenvalue weighted by atomic mass is 9.91. The molecule has 1 aromatic rings. The Morgan fingerprint density at radius 3 is 2.56 bits per heavy atom. The second-order valence-corrected chi connectivity index (χ2v) is 7.80. The summed E-state index contributed by atoms with van der Waals surface area (Å²) in [5, 5.41) is 7.75. The molecule has 2 saturated heterocycles. The summed E-state index contributed by atoms with van der Waals surface area (Å²) in [6.45, 7) is 3.85. The van der Waals surface area contributed by atoms with E-state index in [9.17, 15) is 9.59 Å². The van der Waals surface area contributed by atoms with E-state index in [2.05, 4.69) is 10.4 Å². The molecule has 0 bridgehead atoms. The maximum atomic E-state index is 12.8. The van der Waals surface area contributed by atoms with E-state index in [1.54, 1.807) is 0 Å². The van der Waals surface area contributed by atoms with Gasteiger partial charge < -0.3 is 19.9 Å². The van der Waals surface area contributed by atoms with E-state index in [-0.39, 0.29) is 23.9 Å². The number of morpholine rings is 1. The van der Waals surface area contributed by atoms with Gasteiger partial charge in [-0.15, -0.1) is 0 Å². The lowest BCUT2D eigenvalue weighted by molar-refractivity contribution is -0.127. The quantitative estimate of drug-likeness (QED) is 0.839. The van der Waals surface area contributed by atoms with Crippen molar-refractivity contribution in [1.29, 1.82) is 0 Å². The van der Waals surface area contributed by atoms with Crippen LogP contribution in [-0.2, 0) is 23.0 Å². The summed E-state index contributed by atoms with van der Waals surface area (Å²) in [4.78, 5) is 29.1. The number of likely N-dealkylation sites (tertiary alicyclic amines) is 1. The van der Waals surface area contributed by atoms with Crippen molar-refractivity contribution in [2.75, 3.05) is 39.4 Å². The minimum Gasteiger partial charge on any atom is -0.378 e. The van der Waals surface area contributed by atoms with Gasteiger partial charge in [-0.1, -0.05) is 0 Å². The lowest BCUT2D eigenvalue weighted by Crippen LogP contribution is -2.51. The van der Waals surface area contributed by atoms with E-state index in [0.29, 0.717) is 39.4 Å². The highest BCUT2D eigenvalue weighted by molar-refractivity contribution is 5.80. The number of hydrogen-bond donors (Lipinski definition) is 1. The zero-order valence-electron chi connectivity index (χ0n) is 16.0. The summed E-state index contributed by atoms with van der Waals surface area (Å²) in [6, 6.07) is 0.160. The van der Waals surface area contributed by atoms with Crippen LogP contribution in [0.2, 0.25) is 0 Å². The number of rotatable bonds is 2. The monoisotopic (exact) mass is 375 g/mol. The van der Waals surface area contributed by atoms with Gasteiger partial charge in [-0.25, -0.2) is 4.79 Å². The number of nitrogens with one attached hydrogen (secondary N) is 1. The molecule has 3 heterocycles. The Bertz CT molecular complexity index is 690. The van der Waals surface area contributed by atoms with Crippen LogP contribution in [0.3, 0.4) is 0 Å². The number of nitrogens with zero attached hydrogens (tertiary/aromatic N) is 4. The molecule has 0 saturated carbocycles. The first-order valence-electron chi connectivity index (χ1n) is 10.1. The molecular weight excluding hydrogens is 346 g/mol. The van der Waals surface area contributed by atoms with E-state index < -0.39 is 0 Å². The topological polar surface area (TPSA) is 79.7 Å².